The zero-order valence-electron chi connectivity index (χ0n) is 10.5. The Kier molecular flexibility index (Phi) is 2.45. The van der Waals surface area contributed by atoms with Crippen molar-refractivity contribution in [2.75, 3.05) is 0 Å². The van der Waals surface area contributed by atoms with E-state index in [9.17, 15) is 9.59 Å². The summed E-state index contributed by atoms with van der Waals surface area (Å²) >= 11 is 0. The van der Waals surface area contributed by atoms with E-state index >= 15 is 0 Å². The largest absolute Gasteiger partial charge is 0.329 e. The molecule has 1 aromatic heterocycles. The van der Waals surface area contributed by atoms with Crippen LogP contribution in [0.15, 0.2) is 23.0 Å². The van der Waals surface area contributed by atoms with Crippen LogP contribution in [0.2, 0.25) is 0 Å². The lowest BCUT2D eigenvalue weighted by atomic mass is 10.1. The van der Waals surface area contributed by atoms with Crippen LogP contribution in [0, 0.1) is 6.92 Å². The number of rotatable bonds is 2. The number of fused-ring (bicyclic) bond motifs is 1. The molecule has 2 aromatic rings. The lowest BCUT2D eigenvalue weighted by molar-refractivity contribution is -0.113. The van der Waals surface area contributed by atoms with E-state index in [0.29, 0.717) is 0 Å². The van der Waals surface area contributed by atoms with Crippen molar-refractivity contribution in [1.82, 2.24) is 9.13 Å². The number of benzene rings is 1. The highest BCUT2D eigenvalue weighted by Gasteiger charge is 2.25. The number of hydrogen-bond donors (Lipinski definition) is 0. The maximum Gasteiger partial charge on any atom is 0.329 e. The molecule has 0 bridgehead atoms. The fraction of sp³-hybridized carbons (Fsp3) is 0.385. The molecule has 0 unspecified atom stereocenters. The second-order valence-electron chi connectivity index (χ2n) is 4.94. The van der Waals surface area contributed by atoms with Gasteiger partial charge in [0, 0.05) is 7.05 Å². The molecule has 0 spiro atoms. The molecule has 1 heterocycles. The maximum atomic E-state index is 12.2. The van der Waals surface area contributed by atoms with Crippen molar-refractivity contribution in [2.45, 2.75) is 26.3 Å². The van der Waals surface area contributed by atoms with Crippen LogP contribution in [0.5, 0.6) is 0 Å². The van der Waals surface area contributed by atoms with Gasteiger partial charge in [-0.1, -0.05) is 6.07 Å². The van der Waals surface area contributed by atoms with Gasteiger partial charge >= 0.3 is 5.69 Å². The first-order valence-corrected chi connectivity index (χ1v) is 5.53. The number of aldehydes is 1. The number of aryl methyl sites for hydroxylation is 2. The topological polar surface area (TPSA) is 44.0 Å². The van der Waals surface area contributed by atoms with Crippen molar-refractivity contribution in [1.29, 1.82) is 0 Å². The Bertz CT molecular complexity index is 647. The second-order valence-corrected chi connectivity index (χ2v) is 4.94. The number of hydrogen-bond acceptors (Lipinski definition) is 2. The van der Waals surface area contributed by atoms with Gasteiger partial charge < -0.3 is 4.79 Å². The molecule has 0 saturated carbocycles. The standard InChI is InChI=1S/C13H16N2O2/c1-9-5-6-10-11(7-9)15(12(17)14(10)4)13(2,3)8-16/h5-8H,1-4H3. The van der Waals surface area contributed by atoms with Gasteiger partial charge in [-0.15, -0.1) is 0 Å². The third-order valence-corrected chi connectivity index (χ3v) is 3.08. The molecule has 0 radical (unpaired) electrons. The minimum atomic E-state index is -0.829. The molecule has 0 amide bonds. The normalized spacial score (nSPS) is 12.0. The van der Waals surface area contributed by atoms with Crippen LogP contribution in [0.25, 0.3) is 11.0 Å². The summed E-state index contributed by atoms with van der Waals surface area (Å²) in [6, 6.07) is 5.80. The van der Waals surface area contributed by atoms with Crippen molar-refractivity contribution in [2.24, 2.45) is 7.05 Å². The summed E-state index contributed by atoms with van der Waals surface area (Å²) in [5, 5.41) is 0. The van der Waals surface area contributed by atoms with Crippen LogP contribution in [0.4, 0.5) is 0 Å². The lowest BCUT2D eigenvalue weighted by Gasteiger charge is -2.19. The van der Waals surface area contributed by atoms with E-state index < -0.39 is 5.54 Å². The SMILES string of the molecule is Cc1ccc2c(c1)n(C(C)(C)C=O)c(=O)n2C. The zero-order chi connectivity index (χ0) is 12.8. The monoisotopic (exact) mass is 232 g/mol. The highest BCUT2D eigenvalue weighted by Crippen LogP contribution is 2.20. The van der Waals surface area contributed by atoms with Gasteiger partial charge in [0.05, 0.1) is 16.6 Å². The predicted octanol–water partition coefficient (Wildman–Crippen LogP) is 1.58. The molecule has 0 fully saturated rings. The van der Waals surface area contributed by atoms with Crippen LogP contribution in [0.3, 0.4) is 0 Å². The number of nitrogens with zero attached hydrogens (tertiary/aromatic N) is 2. The summed E-state index contributed by atoms with van der Waals surface area (Å²) in [4.78, 5) is 23.3. The Labute approximate surface area is 99.5 Å². The molecule has 0 aliphatic carbocycles. The summed E-state index contributed by atoms with van der Waals surface area (Å²) in [6.07, 6.45) is 0.802. The molecule has 0 saturated heterocycles. The summed E-state index contributed by atoms with van der Waals surface area (Å²) in [7, 11) is 1.72. The van der Waals surface area contributed by atoms with Gasteiger partial charge in [-0.25, -0.2) is 4.79 Å². The van der Waals surface area contributed by atoms with E-state index in [4.69, 9.17) is 0 Å². The Morgan fingerprint density at radius 3 is 2.47 bits per heavy atom. The molecule has 90 valence electrons. The summed E-state index contributed by atoms with van der Waals surface area (Å²) in [5.74, 6) is 0. The molecular weight excluding hydrogens is 216 g/mol. The van der Waals surface area contributed by atoms with Gasteiger partial charge in [0.2, 0.25) is 0 Å². The first-order chi connectivity index (χ1) is 7.88. The molecular formula is C13H16N2O2. The van der Waals surface area contributed by atoms with Crippen LogP contribution < -0.4 is 5.69 Å². The van der Waals surface area contributed by atoms with Crippen molar-refractivity contribution in [3.8, 4) is 0 Å². The smallest absolute Gasteiger partial charge is 0.301 e. The molecule has 4 nitrogen and oxygen atoms in total. The third kappa shape index (κ3) is 1.60. The third-order valence-electron chi connectivity index (χ3n) is 3.08. The van der Waals surface area contributed by atoms with Crippen LogP contribution in [-0.4, -0.2) is 15.4 Å². The molecule has 0 aliphatic rings. The van der Waals surface area contributed by atoms with Gasteiger partial charge in [-0.05, 0) is 38.5 Å². The summed E-state index contributed by atoms with van der Waals surface area (Å²) < 4.78 is 3.11. The first kappa shape index (κ1) is 11.6. The van der Waals surface area contributed by atoms with Crippen molar-refractivity contribution in [3.63, 3.8) is 0 Å². The van der Waals surface area contributed by atoms with E-state index in [1.54, 1.807) is 30.0 Å². The number of imidazole rings is 1. The van der Waals surface area contributed by atoms with Crippen LogP contribution >= 0.6 is 0 Å². The fourth-order valence-corrected chi connectivity index (χ4v) is 2.06. The predicted molar refractivity (Wildman–Crippen MR) is 67.3 cm³/mol. The maximum absolute atomic E-state index is 12.2. The first-order valence-electron chi connectivity index (χ1n) is 5.53. The minimum Gasteiger partial charge on any atom is -0.301 e. The molecule has 4 heteroatoms. The molecule has 2 rings (SSSR count). The highest BCUT2D eigenvalue weighted by molar-refractivity contribution is 5.79. The van der Waals surface area contributed by atoms with Gasteiger partial charge in [0.1, 0.15) is 6.29 Å². The highest BCUT2D eigenvalue weighted by atomic mass is 16.2. The molecule has 1 aromatic carbocycles. The van der Waals surface area contributed by atoms with E-state index in [-0.39, 0.29) is 5.69 Å². The van der Waals surface area contributed by atoms with E-state index in [2.05, 4.69) is 0 Å². The average Bonchev–Trinajstić information content (AvgIpc) is 2.51. The van der Waals surface area contributed by atoms with E-state index in [0.717, 1.165) is 22.9 Å². The van der Waals surface area contributed by atoms with Gasteiger partial charge in [-0.3, -0.25) is 9.13 Å². The van der Waals surface area contributed by atoms with Crippen molar-refractivity contribution >= 4 is 17.3 Å². The minimum absolute atomic E-state index is 0.164. The zero-order valence-corrected chi connectivity index (χ0v) is 10.5. The number of carbonyl (C=O) groups is 1. The van der Waals surface area contributed by atoms with Crippen LogP contribution in [-0.2, 0) is 17.4 Å². The Balaban J connectivity index is 2.97. The Hall–Kier alpha value is -1.84. The van der Waals surface area contributed by atoms with E-state index in [1.165, 1.54) is 0 Å². The van der Waals surface area contributed by atoms with Crippen molar-refractivity contribution < 1.29 is 4.79 Å². The van der Waals surface area contributed by atoms with Gasteiger partial charge in [-0.2, -0.15) is 0 Å². The number of carbonyl (C=O) groups excluding carboxylic acids is 1. The van der Waals surface area contributed by atoms with Crippen LogP contribution in [0.1, 0.15) is 19.4 Å². The van der Waals surface area contributed by atoms with Crippen molar-refractivity contribution in [3.05, 3.63) is 34.2 Å². The molecule has 0 N–H and O–H groups in total. The van der Waals surface area contributed by atoms with Gasteiger partial charge in [0.15, 0.2) is 0 Å². The molecule has 0 atom stereocenters. The molecule has 0 aliphatic heterocycles. The quantitative estimate of drug-likeness (QED) is 0.738. The summed E-state index contributed by atoms with van der Waals surface area (Å²) in [5.41, 5.74) is 1.72. The Morgan fingerprint density at radius 1 is 1.24 bits per heavy atom. The van der Waals surface area contributed by atoms with Gasteiger partial charge in [0.25, 0.3) is 0 Å². The average molecular weight is 232 g/mol. The molecule has 17 heavy (non-hydrogen) atoms. The van der Waals surface area contributed by atoms with E-state index in [1.807, 2.05) is 25.1 Å². The lowest BCUT2D eigenvalue weighted by Crippen LogP contribution is -2.37. The second kappa shape index (κ2) is 3.58. The summed E-state index contributed by atoms with van der Waals surface area (Å²) in [6.45, 7) is 5.45. The number of aromatic nitrogens is 2. The fourth-order valence-electron chi connectivity index (χ4n) is 2.06. The Morgan fingerprint density at radius 2 is 1.88 bits per heavy atom.